The van der Waals surface area contributed by atoms with E-state index in [9.17, 15) is 4.79 Å². The first-order valence-corrected chi connectivity index (χ1v) is 3.57. The number of hydrogen-bond acceptors (Lipinski definition) is 6. The molecule has 0 aliphatic carbocycles. The fourth-order valence-electron chi connectivity index (χ4n) is 0.616. The number of aromatic nitrogens is 2. The van der Waals surface area contributed by atoms with Gasteiger partial charge in [0.2, 0.25) is 0 Å². The molecule has 0 amide bonds. The zero-order valence-corrected chi connectivity index (χ0v) is 7.01. The summed E-state index contributed by atoms with van der Waals surface area (Å²) in [5.41, 5.74) is 1.95. The van der Waals surface area contributed by atoms with E-state index in [0.717, 1.165) is 0 Å². The van der Waals surface area contributed by atoms with Gasteiger partial charge in [0, 0.05) is 12.4 Å². The molecule has 0 saturated carbocycles. The highest BCUT2D eigenvalue weighted by atomic mass is 16.4. The van der Waals surface area contributed by atoms with Gasteiger partial charge in [-0.15, -0.1) is 0 Å². The van der Waals surface area contributed by atoms with E-state index in [0.29, 0.717) is 12.0 Å². The molecule has 0 aromatic carbocycles. The molecule has 0 aliphatic rings. The molecule has 0 bridgehead atoms. The van der Waals surface area contributed by atoms with Crippen molar-refractivity contribution < 1.29 is 9.90 Å². The van der Waals surface area contributed by atoms with Crippen LogP contribution in [0.25, 0.3) is 0 Å². The number of nitrogens with zero attached hydrogens (tertiary/aromatic N) is 3. The van der Waals surface area contributed by atoms with Gasteiger partial charge in [-0.25, -0.2) is 9.78 Å². The predicted molar refractivity (Wildman–Crippen MR) is 49.5 cm³/mol. The minimum absolute atomic E-state index is 0.313. The van der Waals surface area contributed by atoms with Gasteiger partial charge in [-0.3, -0.25) is 10.4 Å². The lowest BCUT2D eigenvalue weighted by Gasteiger charge is -1.97. The lowest BCUT2D eigenvalue weighted by molar-refractivity contribution is -0.129. The molecule has 0 spiro atoms. The smallest absolute Gasteiger partial charge is 0.357 e. The highest BCUT2D eigenvalue weighted by Gasteiger charge is 2.04. The standard InChI is InChI=1S/C7H7N5O2/c8-3-5(7(13)14)11-12-6-4-9-1-2-10-6/h1-4,8H,(H,10,12)(H,13,14)/b8-3?,11-5+. The minimum atomic E-state index is -1.28. The number of carboxylic acids is 1. The summed E-state index contributed by atoms with van der Waals surface area (Å²) in [7, 11) is 0. The first kappa shape index (κ1) is 9.78. The van der Waals surface area contributed by atoms with Gasteiger partial charge in [-0.1, -0.05) is 0 Å². The summed E-state index contributed by atoms with van der Waals surface area (Å²) in [6, 6.07) is 0. The van der Waals surface area contributed by atoms with Crippen LogP contribution in [0.4, 0.5) is 5.82 Å². The van der Waals surface area contributed by atoms with Crippen molar-refractivity contribution in [3.8, 4) is 0 Å². The first-order valence-electron chi connectivity index (χ1n) is 3.57. The lowest BCUT2D eigenvalue weighted by atomic mass is 10.4. The number of aliphatic carboxylic acids is 1. The Morgan fingerprint density at radius 3 is 2.93 bits per heavy atom. The third-order valence-electron chi connectivity index (χ3n) is 1.21. The second kappa shape index (κ2) is 4.65. The van der Waals surface area contributed by atoms with Gasteiger partial charge in [0.05, 0.1) is 12.4 Å². The van der Waals surface area contributed by atoms with E-state index >= 15 is 0 Å². The Morgan fingerprint density at radius 1 is 1.64 bits per heavy atom. The van der Waals surface area contributed by atoms with Crippen molar-refractivity contribution in [2.24, 2.45) is 5.10 Å². The van der Waals surface area contributed by atoms with Crippen LogP contribution in [0.1, 0.15) is 0 Å². The second-order valence-corrected chi connectivity index (χ2v) is 2.15. The molecule has 0 atom stereocenters. The van der Waals surface area contributed by atoms with Crippen LogP contribution < -0.4 is 5.43 Å². The van der Waals surface area contributed by atoms with Crippen molar-refractivity contribution in [1.29, 1.82) is 5.41 Å². The van der Waals surface area contributed by atoms with E-state index in [2.05, 4.69) is 20.5 Å². The van der Waals surface area contributed by atoms with E-state index in [1.54, 1.807) is 0 Å². The summed E-state index contributed by atoms with van der Waals surface area (Å²) >= 11 is 0. The Balaban J connectivity index is 2.71. The van der Waals surface area contributed by atoms with Crippen molar-refractivity contribution in [2.45, 2.75) is 0 Å². The largest absolute Gasteiger partial charge is 0.476 e. The monoisotopic (exact) mass is 193 g/mol. The van der Waals surface area contributed by atoms with Crippen molar-refractivity contribution in [2.75, 3.05) is 5.43 Å². The number of carboxylic acid groups (broad SMARTS) is 1. The number of anilines is 1. The molecular weight excluding hydrogens is 186 g/mol. The molecule has 1 aromatic rings. The van der Waals surface area contributed by atoms with Crippen LogP contribution in [0.3, 0.4) is 0 Å². The third-order valence-corrected chi connectivity index (χ3v) is 1.21. The molecule has 7 nitrogen and oxygen atoms in total. The molecule has 72 valence electrons. The number of nitrogens with one attached hydrogen (secondary N) is 2. The molecule has 1 rings (SSSR count). The maximum absolute atomic E-state index is 10.4. The maximum atomic E-state index is 10.4. The topological polar surface area (TPSA) is 111 Å². The van der Waals surface area contributed by atoms with E-state index in [-0.39, 0.29) is 0 Å². The minimum Gasteiger partial charge on any atom is -0.476 e. The summed E-state index contributed by atoms with van der Waals surface area (Å²) in [4.78, 5) is 17.9. The van der Waals surface area contributed by atoms with Crippen LogP contribution in [-0.4, -0.2) is 33.0 Å². The Labute approximate surface area is 79.0 Å². The van der Waals surface area contributed by atoms with Crippen molar-refractivity contribution in [3.05, 3.63) is 18.6 Å². The molecule has 0 aliphatic heterocycles. The van der Waals surface area contributed by atoms with E-state index in [1.165, 1.54) is 18.6 Å². The molecule has 0 radical (unpaired) electrons. The van der Waals surface area contributed by atoms with E-state index < -0.39 is 11.7 Å². The van der Waals surface area contributed by atoms with Crippen LogP contribution in [0.2, 0.25) is 0 Å². The average molecular weight is 193 g/mol. The van der Waals surface area contributed by atoms with Gasteiger partial charge >= 0.3 is 5.97 Å². The molecule has 14 heavy (non-hydrogen) atoms. The van der Waals surface area contributed by atoms with Crippen molar-refractivity contribution >= 4 is 23.7 Å². The molecular formula is C7H7N5O2. The maximum Gasteiger partial charge on any atom is 0.357 e. The Morgan fingerprint density at radius 2 is 2.43 bits per heavy atom. The second-order valence-electron chi connectivity index (χ2n) is 2.15. The molecule has 1 aromatic heterocycles. The number of hydrogen-bond donors (Lipinski definition) is 3. The van der Waals surface area contributed by atoms with Crippen LogP contribution in [0.5, 0.6) is 0 Å². The predicted octanol–water partition coefficient (Wildman–Crippen LogP) is -0.0213. The first-order chi connectivity index (χ1) is 6.74. The fourth-order valence-corrected chi connectivity index (χ4v) is 0.616. The Kier molecular flexibility index (Phi) is 3.25. The zero-order valence-electron chi connectivity index (χ0n) is 7.01. The Bertz CT molecular complexity index is 362. The lowest BCUT2D eigenvalue weighted by Crippen LogP contribution is -2.15. The normalized spacial score (nSPS) is 10.7. The van der Waals surface area contributed by atoms with Crippen molar-refractivity contribution in [3.63, 3.8) is 0 Å². The highest BCUT2D eigenvalue weighted by molar-refractivity contribution is 6.58. The van der Waals surface area contributed by atoms with Gasteiger partial charge in [0.15, 0.2) is 11.5 Å². The fraction of sp³-hybridized carbons (Fsp3) is 0. The summed E-state index contributed by atoms with van der Waals surface area (Å²) in [6.07, 6.45) is 4.92. The summed E-state index contributed by atoms with van der Waals surface area (Å²) in [5, 5.41) is 18.7. The highest BCUT2D eigenvalue weighted by Crippen LogP contribution is 1.96. The van der Waals surface area contributed by atoms with E-state index in [4.69, 9.17) is 10.5 Å². The van der Waals surface area contributed by atoms with E-state index in [1.807, 2.05) is 0 Å². The van der Waals surface area contributed by atoms with Crippen molar-refractivity contribution in [1.82, 2.24) is 9.97 Å². The zero-order chi connectivity index (χ0) is 10.4. The number of rotatable bonds is 4. The number of hydrazone groups is 1. The SMILES string of the molecule is N=C/C(=N\Nc1cnccn1)C(=O)O. The number of carbonyl (C=O) groups is 1. The third kappa shape index (κ3) is 2.63. The molecule has 0 saturated heterocycles. The van der Waals surface area contributed by atoms with Crippen LogP contribution in [0.15, 0.2) is 23.7 Å². The van der Waals surface area contributed by atoms with Gasteiger partial charge in [0.25, 0.3) is 0 Å². The summed E-state index contributed by atoms with van der Waals surface area (Å²) < 4.78 is 0. The van der Waals surface area contributed by atoms with Gasteiger partial charge in [-0.05, 0) is 0 Å². The molecule has 0 fully saturated rings. The van der Waals surface area contributed by atoms with Crippen LogP contribution in [0, 0.1) is 5.41 Å². The van der Waals surface area contributed by atoms with Gasteiger partial charge in [0.1, 0.15) is 0 Å². The summed E-state index contributed by atoms with van der Waals surface area (Å²) in [6.45, 7) is 0. The quantitative estimate of drug-likeness (QED) is 0.459. The Hall–Kier alpha value is -2.31. The van der Waals surface area contributed by atoms with Gasteiger partial charge in [-0.2, -0.15) is 5.10 Å². The molecule has 3 N–H and O–H groups in total. The molecule has 0 unspecified atom stereocenters. The average Bonchev–Trinajstić information content (AvgIpc) is 2.20. The summed E-state index contributed by atoms with van der Waals surface area (Å²) in [5.74, 6) is -0.968. The van der Waals surface area contributed by atoms with Gasteiger partial charge < -0.3 is 10.5 Å². The molecule has 1 heterocycles. The van der Waals surface area contributed by atoms with Crippen LogP contribution in [-0.2, 0) is 4.79 Å². The van der Waals surface area contributed by atoms with Crippen LogP contribution >= 0.6 is 0 Å². The molecule has 7 heteroatoms.